The predicted octanol–water partition coefficient (Wildman–Crippen LogP) is 6.99. The Morgan fingerprint density at radius 3 is 0.923 bits per heavy atom. The van der Waals surface area contributed by atoms with Crippen molar-refractivity contribution < 1.29 is 18.9 Å². The molecule has 0 aliphatic carbocycles. The van der Waals surface area contributed by atoms with Gasteiger partial charge < -0.3 is 18.9 Å². The average molecular weight is 557 g/mol. The molecule has 0 saturated carbocycles. The van der Waals surface area contributed by atoms with Gasteiger partial charge in [0.25, 0.3) is 0 Å². The van der Waals surface area contributed by atoms with Crippen molar-refractivity contribution in [1.82, 2.24) is 0 Å². The van der Waals surface area contributed by atoms with E-state index in [0.29, 0.717) is 0 Å². The maximum absolute atomic E-state index is 6.58. The van der Waals surface area contributed by atoms with Gasteiger partial charge in [-0.2, -0.15) is 0 Å². The zero-order valence-corrected chi connectivity index (χ0v) is 26.0. The molecule has 4 rings (SSSR count). The summed E-state index contributed by atoms with van der Waals surface area (Å²) in [5, 5.41) is 0. The molecular weight excluding hydrogens is 517 g/mol. The lowest BCUT2D eigenvalue weighted by Gasteiger charge is -2.35. The number of hydrogen-bond acceptors (Lipinski definition) is 4. The second-order valence-corrected chi connectivity index (χ2v) is 14.3. The molecule has 0 unspecified atom stereocenters. The maximum atomic E-state index is 6.58. The average Bonchev–Trinajstić information content (AvgIpc) is 2.99. The van der Waals surface area contributed by atoms with E-state index in [9.17, 15) is 0 Å². The Hall–Kier alpha value is -3.49. The summed E-state index contributed by atoms with van der Waals surface area (Å²) in [5.74, 6) is 3.42. The van der Waals surface area contributed by atoms with Crippen molar-refractivity contribution in [3.63, 3.8) is 0 Å². The summed E-state index contributed by atoms with van der Waals surface area (Å²) in [4.78, 5) is 0. The van der Waals surface area contributed by atoms with Gasteiger partial charge in [-0.3, -0.25) is 0 Å². The third-order valence-electron chi connectivity index (χ3n) is 6.88. The number of ether oxygens (including phenoxy) is 4. The van der Waals surface area contributed by atoms with E-state index in [-0.39, 0.29) is 0 Å². The largest absolute Gasteiger partial charge is 0.458 e. The minimum atomic E-state index is -0.757. The van der Waals surface area contributed by atoms with Gasteiger partial charge in [0, 0.05) is 12.8 Å². The van der Waals surface area contributed by atoms with E-state index < -0.39 is 29.9 Å². The lowest BCUT2D eigenvalue weighted by atomic mass is 10.3. The van der Waals surface area contributed by atoms with Crippen LogP contribution < -0.4 is 18.9 Å². The maximum Gasteiger partial charge on any atom is 0.222 e. The van der Waals surface area contributed by atoms with Gasteiger partial charge in [0.15, 0.2) is 0 Å². The fourth-order valence-corrected chi connectivity index (χ4v) is 9.44. The van der Waals surface area contributed by atoms with Gasteiger partial charge in [-0.25, -0.2) is 0 Å². The second-order valence-electron chi connectivity index (χ2n) is 9.75. The van der Waals surface area contributed by atoms with E-state index in [1.54, 1.807) is 0 Å². The molecule has 0 aliphatic heterocycles. The lowest BCUT2D eigenvalue weighted by Crippen LogP contribution is -2.48. The topological polar surface area (TPSA) is 36.9 Å². The number of hydrogen-bond donors (Lipinski definition) is 0. The zero-order valence-electron chi connectivity index (χ0n) is 23.1. The van der Waals surface area contributed by atoms with Crippen LogP contribution in [0.2, 0.25) is 12.1 Å². The summed E-state index contributed by atoms with van der Waals surface area (Å²) in [7, 11) is -1.51. The Kier molecular flexibility index (Phi) is 10.7. The quantitative estimate of drug-likeness (QED) is 0.0846. The van der Waals surface area contributed by atoms with Crippen LogP contribution in [0.3, 0.4) is 0 Å². The van der Waals surface area contributed by atoms with Crippen molar-refractivity contribution in [2.45, 2.75) is 56.0 Å². The van der Waals surface area contributed by atoms with Gasteiger partial charge in [0.1, 0.15) is 42.0 Å². The van der Waals surface area contributed by atoms with Gasteiger partial charge >= 0.3 is 0 Å². The predicted molar refractivity (Wildman–Crippen MR) is 166 cm³/mol. The highest BCUT2D eigenvalue weighted by Crippen LogP contribution is 2.28. The Morgan fingerprint density at radius 1 is 0.436 bits per heavy atom. The molecule has 4 aromatic carbocycles. The normalized spacial score (nSPS) is 12.2. The highest BCUT2D eigenvalue weighted by atomic mass is 28.2. The molecule has 4 nitrogen and oxygen atoms in total. The molecule has 0 saturated heterocycles. The Labute approximate surface area is 237 Å². The third kappa shape index (κ3) is 8.77. The SMILES string of the molecule is CCC(Oc1ccccc1)(Oc1ccccc1)[SiH2]CCC[SiH2]C(CC)(Oc1ccccc1)Oc1ccccc1. The van der Waals surface area contributed by atoms with Gasteiger partial charge in [0.05, 0.1) is 0 Å². The Morgan fingerprint density at radius 2 is 0.692 bits per heavy atom. The molecule has 4 aromatic rings. The standard InChI is InChI=1S/C33H40O4Si2/c1-3-32(34-28-18-9-5-10-19-28,35-29-20-11-6-12-21-29)38-26-17-27-39-33(4-2,36-30-22-13-7-14-23-30)37-31-24-15-8-16-25-31/h5-16,18-25H,3-4,17,26-27,38-39H2,1-2H3. The van der Waals surface area contributed by atoms with Crippen molar-refractivity contribution in [3.05, 3.63) is 121 Å². The van der Waals surface area contributed by atoms with E-state index >= 15 is 0 Å². The summed E-state index contributed by atoms with van der Waals surface area (Å²) in [6.07, 6.45) is 2.72. The van der Waals surface area contributed by atoms with Gasteiger partial charge in [0.2, 0.25) is 10.8 Å². The van der Waals surface area contributed by atoms with Crippen molar-refractivity contribution in [1.29, 1.82) is 0 Å². The molecule has 0 amide bonds. The van der Waals surface area contributed by atoms with Crippen LogP contribution in [0.1, 0.15) is 33.1 Å². The van der Waals surface area contributed by atoms with E-state index in [0.717, 1.165) is 54.3 Å². The number of para-hydroxylation sites is 4. The first-order chi connectivity index (χ1) is 19.1. The van der Waals surface area contributed by atoms with Gasteiger partial charge in [-0.1, -0.05) is 105 Å². The monoisotopic (exact) mass is 556 g/mol. The Bertz CT molecular complexity index is 1030. The van der Waals surface area contributed by atoms with Crippen LogP contribution in [0.4, 0.5) is 0 Å². The minimum absolute atomic E-state index is 0.590. The van der Waals surface area contributed by atoms with Crippen molar-refractivity contribution in [2.75, 3.05) is 0 Å². The van der Waals surface area contributed by atoms with Gasteiger partial charge in [-0.15, -0.1) is 0 Å². The van der Waals surface area contributed by atoms with E-state index in [2.05, 4.69) is 13.8 Å². The first kappa shape index (κ1) is 28.5. The van der Waals surface area contributed by atoms with Crippen LogP contribution >= 0.6 is 0 Å². The first-order valence-corrected chi connectivity index (χ1v) is 17.5. The molecule has 0 atom stereocenters. The third-order valence-corrected chi connectivity index (χ3v) is 11.7. The minimum Gasteiger partial charge on any atom is -0.458 e. The number of rotatable bonds is 16. The fourth-order valence-electron chi connectivity index (χ4n) is 4.67. The molecule has 0 bridgehead atoms. The summed E-state index contributed by atoms with van der Waals surface area (Å²) >= 11 is 0. The molecule has 39 heavy (non-hydrogen) atoms. The highest BCUT2D eigenvalue weighted by Gasteiger charge is 2.35. The second kappa shape index (κ2) is 14.6. The first-order valence-electron chi connectivity index (χ1n) is 14.1. The van der Waals surface area contributed by atoms with Crippen LogP contribution in [-0.2, 0) is 0 Å². The van der Waals surface area contributed by atoms with Crippen LogP contribution in [0.5, 0.6) is 23.0 Å². The molecule has 204 valence electrons. The molecule has 0 radical (unpaired) electrons. The molecular formula is C33H40O4Si2. The Balaban J connectivity index is 1.42. The summed E-state index contributed by atoms with van der Waals surface area (Å²) < 4.78 is 26.3. The van der Waals surface area contributed by atoms with E-state index in [1.807, 2.05) is 121 Å². The van der Waals surface area contributed by atoms with Crippen LogP contribution in [0.15, 0.2) is 121 Å². The van der Waals surface area contributed by atoms with Crippen LogP contribution in [-0.4, -0.2) is 29.9 Å². The van der Waals surface area contributed by atoms with Crippen LogP contribution in [0.25, 0.3) is 0 Å². The molecule has 0 spiro atoms. The smallest absolute Gasteiger partial charge is 0.222 e. The summed E-state index contributed by atoms with van der Waals surface area (Å²) in [6, 6.07) is 42.4. The molecule has 0 heterocycles. The van der Waals surface area contributed by atoms with Crippen molar-refractivity contribution in [2.24, 2.45) is 0 Å². The van der Waals surface area contributed by atoms with Crippen molar-refractivity contribution >= 4 is 19.0 Å². The molecule has 0 aromatic heterocycles. The number of benzene rings is 4. The molecule has 0 N–H and O–H groups in total. The van der Waals surface area contributed by atoms with Gasteiger partial charge in [-0.05, 0) is 48.5 Å². The summed E-state index contributed by atoms with van der Waals surface area (Å²) in [5.41, 5.74) is -1.18. The summed E-state index contributed by atoms with van der Waals surface area (Å²) in [6.45, 7) is 4.33. The van der Waals surface area contributed by atoms with Crippen molar-refractivity contribution in [3.8, 4) is 23.0 Å². The highest BCUT2D eigenvalue weighted by molar-refractivity contribution is 6.41. The molecule has 6 heteroatoms. The molecule has 0 aliphatic rings. The molecule has 0 fully saturated rings. The van der Waals surface area contributed by atoms with Crippen LogP contribution in [0, 0.1) is 0 Å². The fraction of sp³-hybridized carbons (Fsp3) is 0.273. The lowest BCUT2D eigenvalue weighted by molar-refractivity contribution is -0.0449. The zero-order chi connectivity index (χ0) is 27.2. The van der Waals surface area contributed by atoms with E-state index in [4.69, 9.17) is 18.9 Å². The van der Waals surface area contributed by atoms with E-state index in [1.165, 1.54) is 0 Å².